The second kappa shape index (κ2) is 5.68. The summed E-state index contributed by atoms with van der Waals surface area (Å²) in [6, 6.07) is 2.38. The molecule has 5 nitrogen and oxygen atoms in total. The van der Waals surface area contributed by atoms with E-state index in [1.807, 2.05) is 13.8 Å². The van der Waals surface area contributed by atoms with Gasteiger partial charge in [-0.3, -0.25) is 4.72 Å². The number of anilines is 1. The van der Waals surface area contributed by atoms with Crippen LogP contribution in [0.5, 0.6) is 0 Å². The van der Waals surface area contributed by atoms with Crippen molar-refractivity contribution in [3.63, 3.8) is 0 Å². The lowest BCUT2D eigenvalue weighted by Crippen LogP contribution is -2.15. The molecule has 1 fully saturated rings. The van der Waals surface area contributed by atoms with Crippen LogP contribution in [0.4, 0.5) is 5.13 Å². The van der Waals surface area contributed by atoms with E-state index in [1.165, 1.54) is 35.5 Å². The molecule has 0 atom stereocenters. The second-order valence-electron chi connectivity index (χ2n) is 5.17. The van der Waals surface area contributed by atoms with Crippen LogP contribution < -0.4 is 10.0 Å². The Morgan fingerprint density at radius 3 is 2.71 bits per heavy atom. The zero-order valence-corrected chi connectivity index (χ0v) is 14.3. The molecule has 21 heavy (non-hydrogen) atoms. The van der Waals surface area contributed by atoms with E-state index in [0.717, 1.165) is 21.2 Å². The largest absolute Gasteiger partial charge is 0.309 e. The molecule has 0 aromatic carbocycles. The maximum atomic E-state index is 12.4. The molecule has 2 aromatic rings. The van der Waals surface area contributed by atoms with Gasteiger partial charge in [0.05, 0.1) is 0 Å². The lowest BCUT2D eigenvalue weighted by atomic mass is 10.4. The molecule has 1 aliphatic carbocycles. The van der Waals surface area contributed by atoms with Crippen molar-refractivity contribution < 1.29 is 8.42 Å². The topological polar surface area (TPSA) is 71.1 Å². The molecule has 1 aliphatic rings. The van der Waals surface area contributed by atoms with Crippen molar-refractivity contribution in [1.82, 2.24) is 10.3 Å². The average molecular weight is 343 g/mol. The number of sulfonamides is 1. The van der Waals surface area contributed by atoms with Crippen LogP contribution in [0, 0.1) is 13.8 Å². The van der Waals surface area contributed by atoms with Crippen molar-refractivity contribution in [2.45, 2.75) is 44.2 Å². The van der Waals surface area contributed by atoms with E-state index in [0.29, 0.717) is 16.1 Å². The van der Waals surface area contributed by atoms with Crippen molar-refractivity contribution in [3.8, 4) is 0 Å². The molecular formula is C13H17N3O2S3. The number of hydrogen-bond donors (Lipinski definition) is 2. The molecule has 2 aromatic heterocycles. The minimum Gasteiger partial charge on any atom is -0.309 e. The van der Waals surface area contributed by atoms with Gasteiger partial charge in [-0.05, 0) is 32.8 Å². The van der Waals surface area contributed by atoms with Crippen molar-refractivity contribution >= 4 is 37.8 Å². The fourth-order valence-electron chi connectivity index (χ4n) is 1.98. The van der Waals surface area contributed by atoms with E-state index >= 15 is 0 Å². The summed E-state index contributed by atoms with van der Waals surface area (Å²) in [7, 11) is -3.55. The van der Waals surface area contributed by atoms with Gasteiger partial charge >= 0.3 is 0 Å². The summed E-state index contributed by atoms with van der Waals surface area (Å²) in [5.74, 6) is 0. The van der Waals surface area contributed by atoms with E-state index in [-0.39, 0.29) is 0 Å². The van der Waals surface area contributed by atoms with Crippen LogP contribution in [0.25, 0.3) is 0 Å². The first-order valence-electron chi connectivity index (χ1n) is 6.72. The number of rotatable bonds is 6. The minimum absolute atomic E-state index is 0.355. The van der Waals surface area contributed by atoms with Crippen molar-refractivity contribution in [1.29, 1.82) is 0 Å². The number of thiazole rings is 1. The van der Waals surface area contributed by atoms with Gasteiger partial charge in [0.1, 0.15) is 4.90 Å². The Kier molecular flexibility index (Phi) is 4.04. The molecule has 0 saturated heterocycles. The smallest absolute Gasteiger partial charge is 0.264 e. The lowest BCUT2D eigenvalue weighted by Gasteiger charge is -2.03. The molecule has 0 bridgehead atoms. The average Bonchev–Trinajstić information content (AvgIpc) is 3.03. The predicted octanol–water partition coefficient (Wildman–Crippen LogP) is 2.87. The molecule has 8 heteroatoms. The molecule has 0 aliphatic heterocycles. The third-order valence-corrected chi connectivity index (χ3v) is 6.80. The molecular weight excluding hydrogens is 326 g/mol. The molecule has 0 spiro atoms. The Morgan fingerprint density at radius 2 is 2.10 bits per heavy atom. The normalized spacial score (nSPS) is 15.3. The highest BCUT2D eigenvalue weighted by Gasteiger charge is 2.23. The maximum Gasteiger partial charge on any atom is 0.264 e. The van der Waals surface area contributed by atoms with E-state index in [2.05, 4.69) is 15.0 Å². The Balaban J connectivity index is 1.77. The fourth-order valence-corrected chi connectivity index (χ4v) is 5.48. The summed E-state index contributed by atoms with van der Waals surface area (Å²) in [4.78, 5) is 7.24. The van der Waals surface area contributed by atoms with E-state index < -0.39 is 10.0 Å². The molecule has 3 rings (SSSR count). The number of nitrogens with one attached hydrogen (secondary N) is 2. The van der Waals surface area contributed by atoms with Gasteiger partial charge in [0.25, 0.3) is 10.0 Å². The first-order valence-corrected chi connectivity index (χ1v) is 9.83. The van der Waals surface area contributed by atoms with Crippen LogP contribution in [0.15, 0.2) is 17.2 Å². The van der Waals surface area contributed by atoms with Gasteiger partial charge in [-0.2, -0.15) is 0 Å². The van der Waals surface area contributed by atoms with E-state index in [9.17, 15) is 8.42 Å². The van der Waals surface area contributed by atoms with Crippen LogP contribution in [0.2, 0.25) is 0 Å². The van der Waals surface area contributed by atoms with E-state index in [1.54, 1.807) is 12.3 Å². The number of nitrogens with zero attached hydrogens (tertiary/aromatic N) is 1. The second-order valence-corrected chi connectivity index (χ2v) is 9.40. The van der Waals surface area contributed by atoms with Crippen LogP contribution in [0.3, 0.4) is 0 Å². The Labute approximate surface area is 132 Å². The zero-order valence-electron chi connectivity index (χ0n) is 11.8. The highest BCUT2D eigenvalue weighted by Crippen LogP contribution is 2.29. The predicted molar refractivity (Wildman–Crippen MR) is 86.6 cm³/mol. The van der Waals surface area contributed by atoms with Gasteiger partial charge in [0.2, 0.25) is 0 Å². The van der Waals surface area contributed by atoms with Crippen LogP contribution >= 0.6 is 22.7 Å². The molecule has 114 valence electrons. The number of aromatic nitrogens is 1. The summed E-state index contributed by atoms with van der Waals surface area (Å²) in [5, 5.41) is 3.82. The minimum atomic E-state index is -3.55. The summed E-state index contributed by atoms with van der Waals surface area (Å²) in [6.07, 6.45) is 4.11. The summed E-state index contributed by atoms with van der Waals surface area (Å²) in [6.45, 7) is 4.47. The third kappa shape index (κ3) is 3.63. The molecule has 1 saturated carbocycles. The lowest BCUT2D eigenvalue weighted by molar-refractivity contribution is 0.601. The van der Waals surface area contributed by atoms with Crippen LogP contribution in [-0.4, -0.2) is 19.4 Å². The van der Waals surface area contributed by atoms with Gasteiger partial charge in [-0.25, -0.2) is 13.4 Å². The van der Waals surface area contributed by atoms with Crippen molar-refractivity contribution in [2.24, 2.45) is 0 Å². The van der Waals surface area contributed by atoms with Gasteiger partial charge < -0.3 is 5.32 Å². The molecule has 0 amide bonds. The molecule has 2 N–H and O–H groups in total. The Hall–Kier alpha value is -0.960. The SMILES string of the molecule is Cc1cnc(NS(=O)(=O)c2cc(CNC3CC3)sc2C)s1. The Bertz CT molecular complexity index is 745. The summed E-state index contributed by atoms with van der Waals surface area (Å²) < 4.78 is 27.4. The van der Waals surface area contributed by atoms with Gasteiger partial charge in [-0.1, -0.05) is 0 Å². The first-order chi connectivity index (χ1) is 9.94. The first kappa shape index (κ1) is 15.0. The van der Waals surface area contributed by atoms with Gasteiger partial charge in [-0.15, -0.1) is 22.7 Å². The fraction of sp³-hybridized carbons (Fsp3) is 0.462. The van der Waals surface area contributed by atoms with Gasteiger partial charge in [0.15, 0.2) is 5.13 Å². The monoisotopic (exact) mass is 343 g/mol. The van der Waals surface area contributed by atoms with Gasteiger partial charge in [0, 0.05) is 33.4 Å². The quantitative estimate of drug-likeness (QED) is 0.846. The summed E-state index contributed by atoms with van der Waals surface area (Å²) >= 11 is 2.86. The number of thiophene rings is 1. The highest BCUT2D eigenvalue weighted by molar-refractivity contribution is 7.93. The van der Waals surface area contributed by atoms with E-state index in [4.69, 9.17) is 0 Å². The summed E-state index contributed by atoms with van der Waals surface area (Å²) in [5.41, 5.74) is 0. The highest BCUT2D eigenvalue weighted by atomic mass is 32.2. The van der Waals surface area contributed by atoms with Crippen LogP contribution in [0.1, 0.15) is 27.5 Å². The van der Waals surface area contributed by atoms with Crippen molar-refractivity contribution in [2.75, 3.05) is 4.72 Å². The van der Waals surface area contributed by atoms with Crippen molar-refractivity contribution in [3.05, 3.63) is 26.9 Å². The number of aryl methyl sites for hydroxylation is 2. The standard InChI is InChI=1S/C13H17N3O2S3/c1-8-6-15-13(19-8)16-21(17,18)12-5-11(20-9(12)2)7-14-10-3-4-10/h5-6,10,14H,3-4,7H2,1-2H3,(H,15,16). The third-order valence-electron chi connectivity index (χ3n) is 3.20. The molecule has 2 heterocycles. The molecule has 0 unspecified atom stereocenters. The maximum absolute atomic E-state index is 12.4. The number of hydrogen-bond acceptors (Lipinski definition) is 6. The Morgan fingerprint density at radius 1 is 1.33 bits per heavy atom. The van der Waals surface area contributed by atoms with Crippen LogP contribution in [-0.2, 0) is 16.6 Å². The molecule has 0 radical (unpaired) electrons. The zero-order chi connectivity index (χ0) is 15.0.